The molecule has 0 bridgehead atoms. The van der Waals surface area contributed by atoms with Crippen molar-refractivity contribution in [1.82, 2.24) is 25.3 Å². The van der Waals surface area contributed by atoms with E-state index in [1.165, 1.54) is 0 Å². The summed E-state index contributed by atoms with van der Waals surface area (Å²) < 4.78 is 10.6. The molecule has 0 aliphatic carbocycles. The van der Waals surface area contributed by atoms with Crippen LogP contribution in [0.25, 0.3) is 11.4 Å². The van der Waals surface area contributed by atoms with Gasteiger partial charge in [0, 0.05) is 38.2 Å². The summed E-state index contributed by atoms with van der Waals surface area (Å²) in [5.41, 5.74) is 0.891. The van der Waals surface area contributed by atoms with Crippen LogP contribution in [0.2, 0.25) is 0 Å². The monoisotopic (exact) mass is 445 g/mol. The average molecular weight is 446 g/mol. The molecule has 1 aliphatic rings. The third-order valence-corrected chi connectivity index (χ3v) is 4.72. The number of piperazine rings is 1. The van der Waals surface area contributed by atoms with E-state index in [4.69, 9.17) is 9.26 Å². The second-order valence-electron chi connectivity index (χ2n) is 6.60. The predicted octanol–water partition coefficient (Wildman–Crippen LogP) is 2.23. The summed E-state index contributed by atoms with van der Waals surface area (Å²) in [4.78, 5) is 20.8. The second kappa shape index (κ2) is 12.6. The van der Waals surface area contributed by atoms with E-state index in [2.05, 4.69) is 20.4 Å². The van der Waals surface area contributed by atoms with Gasteiger partial charge < -0.3 is 19.5 Å². The zero-order valence-electron chi connectivity index (χ0n) is 16.8. The second-order valence-corrected chi connectivity index (χ2v) is 6.60. The van der Waals surface area contributed by atoms with Crippen LogP contribution >= 0.6 is 24.8 Å². The van der Waals surface area contributed by atoms with Crippen LogP contribution in [0.1, 0.15) is 18.7 Å². The van der Waals surface area contributed by atoms with Gasteiger partial charge in [0.25, 0.3) is 0 Å². The molecule has 1 aromatic carbocycles. The summed E-state index contributed by atoms with van der Waals surface area (Å²) in [5.74, 6) is 2.20. The number of hydrogen-bond acceptors (Lipinski definition) is 7. The summed E-state index contributed by atoms with van der Waals surface area (Å²) in [7, 11) is 3.54. The van der Waals surface area contributed by atoms with Gasteiger partial charge in [-0.05, 0) is 44.3 Å². The van der Waals surface area contributed by atoms with Gasteiger partial charge in [-0.1, -0.05) is 5.16 Å². The highest BCUT2D eigenvalue weighted by Gasteiger charge is 2.22. The topological polar surface area (TPSA) is 83.7 Å². The van der Waals surface area contributed by atoms with Crippen molar-refractivity contribution in [2.75, 3.05) is 46.9 Å². The number of benzene rings is 1. The van der Waals surface area contributed by atoms with E-state index in [1.54, 1.807) is 7.11 Å². The number of ether oxygens (including phenoxy) is 1. The molecule has 1 aromatic heterocycles. The van der Waals surface area contributed by atoms with Gasteiger partial charge in [-0.15, -0.1) is 24.8 Å². The predicted molar refractivity (Wildman–Crippen MR) is 116 cm³/mol. The highest BCUT2D eigenvalue weighted by atomic mass is 35.5. The van der Waals surface area contributed by atoms with E-state index >= 15 is 0 Å². The van der Waals surface area contributed by atoms with E-state index in [0.717, 1.165) is 50.5 Å². The number of nitrogens with zero attached hydrogens (tertiary/aromatic N) is 4. The summed E-state index contributed by atoms with van der Waals surface area (Å²) in [5, 5.41) is 7.14. The summed E-state index contributed by atoms with van der Waals surface area (Å²) in [6.07, 6.45) is 1.49. The van der Waals surface area contributed by atoms with Crippen molar-refractivity contribution >= 4 is 30.7 Å². The van der Waals surface area contributed by atoms with Gasteiger partial charge in [-0.3, -0.25) is 9.69 Å². The third-order valence-electron chi connectivity index (χ3n) is 4.72. The Morgan fingerprint density at radius 2 is 1.86 bits per heavy atom. The SMILES string of the molecule is CNCCCC(=O)N1CCN(Cc2nc(-c3ccc(OC)cc3)no2)CC1.Cl.Cl. The normalized spacial score (nSPS) is 14.1. The fourth-order valence-electron chi connectivity index (χ4n) is 3.10. The van der Waals surface area contributed by atoms with Crippen LogP contribution in [-0.2, 0) is 11.3 Å². The van der Waals surface area contributed by atoms with Crippen molar-refractivity contribution in [2.24, 2.45) is 0 Å². The molecule has 2 aromatic rings. The van der Waals surface area contributed by atoms with Crippen LogP contribution in [0.4, 0.5) is 0 Å². The van der Waals surface area contributed by atoms with Crippen LogP contribution in [0.5, 0.6) is 5.75 Å². The maximum atomic E-state index is 12.2. The number of methoxy groups -OCH3 is 1. The molecule has 1 fully saturated rings. The standard InChI is InChI=1S/C19H27N5O3.2ClH/c1-20-9-3-4-18(25)24-12-10-23(11-13-24)14-17-21-19(22-27-17)15-5-7-16(26-2)8-6-15;;/h5-8,20H,3-4,9-14H2,1-2H3;2*1H. The maximum absolute atomic E-state index is 12.2. The van der Waals surface area contributed by atoms with E-state index < -0.39 is 0 Å². The van der Waals surface area contributed by atoms with Crippen LogP contribution < -0.4 is 10.1 Å². The minimum atomic E-state index is 0. The molecule has 0 radical (unpaired) electrons. The van der Waals surface area contributed by atoms with E-state index in [0.29, 0.717) is 24.7 Å². The summed E-state index contributed by atoms with van der Waals surface area (Å²) in [6, 6.07) is 7.56. The summed E-state index contributed by atoms with van der Waals surface area (Å²) >= 11 is 0. The molecular weight excluding hydrogens is 417 g/mol. The number of amides is 1. The lowest BCUT2D eigenvalue weighted by Crippen LogP contribution is -2.48. The first-order chi connectivity index (χ1) is 13.2. The van der Waals surface area contributed by atoms with Crippen LogP contribution in [0.15, 0.2) is 28.8 Å². The van der Waals surface area contributed by atoms with Gasteiger partial charge in [0.2, 0.25) is 17.6 Å². The van der Waals surface area contributed by atoms with Crippen LogP contribution in [0.3, 0.4) is 0 Å². The number of nitrogens with one attached hydrogen (secondary N) is 1. The molecule has 0 saturated carbocycles. The molecular formula is C19H29Cl2N5O3. The molecule has 162 valence electrons. The Labute approximate surface area is 183 Å². The Balaban J connectivity index is 0.00000210. The third kappa shape index (κ3) is 7.15. The Morgan fingerprint density at radius 1 is 1.17 bits per heavy atom. The van der Waals surface area contributed by atoms with Crippen LogP contribution in [0, 0.1) is 0 Å². The zero-order chi connectivity index (χ0) is 19.1. The van der Waals surface area contributed by atoms with Crippen molar-refractivity contribution < 1.29 is 14.1 Å². The molecule has 1 aliphatic heterocycles. The fraction of sp³-hybridized carbons (Fsp3) is 0.526. The van der Waals surface area contributed by atoms with Crippen molar-refractivity contribution in [3.63, 3.8) is 0 Å². The molecule has 1 saturated heterocycles. The molecule has 10 heteroatoms. The van der Waals surface area contributed by atoms with Crippen molar-refractivity contribution in [3.05, 3.63) is 30.2 Å². The first kappa shape index (κ1) is 25.2. The molecule has 1 N–H and O–H groups in total. The number of carbonyl (C=O) groups is 1. The molecule has 0 spiro atoms. The van der Waals surface area contributed by atoms with Gasteiger partial charge in [-0.2, -0.15) is 4.98 Å². The number of rotatable bonds is 8. The number of carbonyl (C=O) groups excluding carboxylic acids is 1. The van der Waals surface area contributed by atoms with Crippen molar-refractivity contribution in [3.8, 4) is 17.1 Å². The van der Waals surface area contributed by atoms with Gasteiger partial charge in [-0.25, -0.2) is 0 Å². The maximum Gasteiger partial charge on any atom is 0.241 e. The highest BCUT2D eigenvalue weighted by molar-refractivity contribution is 5.85. The Morgan fingerprint density at radius 3 is 2.48 bits per heavy atom. The van der Waals surface area contributed by atoms with Crippen LogP contribution in [-0.4, -0.2) is 72.7 Å². The minimum Gasteiger partial charge on any atom is -0.497 e. The van der Waals surface area contributed by atoms with Gasteiger partial charge in [0.05, 0.1) is 13.7 Å². The first-order valence-corrected chi connectivity index (χ1v) is 9.31. The molecule has 0 atom stereocenters. The lowest BCUT2D eigenvalue weighted by molar-refractivity contribution is -0.133. The van der Waals surface area contributed by atoms with Gasteiger partial charge in [0.15, 0.2) is 0 Å². The van der Waals surface area contributed by atoms with Gasteiger partial charge >= 0.3 is 0 Å². The lowest BCUT2D eigenvalue weighted by Gasteiger charge is -2.34. The lowest BCUT2D eigenvalue weighted by atomic mass is 10.2. The molecule has 2 heterocycles. The molecule has 0 unspecified atom stereocenters. The van der Waals surface area contributed by atoms with E-state index in [9.17, 15) is 4.79 Å². The number of halogens is 2. The first-order valence-electron chi connectivity index (χ1n) is 9.31. The molecule has 3 rings (SSSR count). The van der Waals surface area contributed by atoms with Gasteiger partial charge in [0.1, 0.15) is 5.75 Å². The fourth-order valence-corrected chi connectivity index (χ4v) is 3.10. The van der Waals surface area contributed by atoms with E-state index in [-0.39, 0.29) is 30.7 Å². The van der Waals surface area contributed by atoms with E-state index in [1.807, 2.05) is 36.2 Å². The number of hydrogen-bond donors (Lipinski definition) is 1. The largest absolute Gasteiger partial charge is 0.497 e. The zero-order valence-corrected chi connectivity index (χ0v) is 18.4. The molecule has 29 heavy (non-hydrogen) atoms. The van der Waals surface area contributed by atoms with Crippen molar-refractivity contribution in [1.29, 1.82) is 0 Å². The number of aromatic nitrogens is 2. The summed E-state index contributed by atoms with van der Waals surface area (Å²) in [6.45, 7) is 4.61. The Bertz CT molecular complexity index is 734. The quantitative estimate of drug-likeness (QED) is 0.623. The highest BCUT2D eigenvalue weighted by Crippen LogP contribution is 2.20. The Kier molecular flexibility index (Phi) is 11.0. The molecule has 8 nitrogen and oxygen atoms in total. The minimum absolute atomic E-state index is 0. The average Bonchev–Trinajstić information content (AvgIpc) is 3.17. The smallest absolute Gasteiger partial charge is 0.241 e. The van der Waals surface area contributed by atoms with Crippen molar-refractivity contribution in [2.45, 2.75) is 19.4 Å². The molecule has 1 amide bonds. The Hall–Kier alpha value is -1.87.